The number of rotatable bonds is 4. The van der Waals surface area contributed by atoms with Crippen LogP contribution in [0.2, 0.25) is 0 Å². The highest BCUT2D eigenvalue weighted by molar-refractivity contribution is 7.79. The molecule has 0 aromatic heterocycles. The first-order chi connectivity index (χ1) is 12.7. The van der Waals surface area contributed by atoms with Crippen LogP contribution in [0.3, 0.4) is 0 Å². The summed E-state index contributed by atoms with van der Waals surface area (Å²) in [5.74, 6) is 2.71. The van der Waals surface area contributed by atoms with Gasteiger partial charge in [-0.05, 0) is 36.4 Å². The molecule has 0 aliphatic carbocycles. The highest BCUT2D eigenvalue weighted by atomic mass is 32.3. The van der Waals surface area contributed by atoms with E-state index >= 15 is 0 Å². The minimum Gasteiger partial charge on any atom is -0.457 e. The molecule has 0 bridgehead atoms. The molecular weight excluding hydrogens is 372 g/mol. The fourth-order valence-electron chi connectivity index (χ4n) is 2.03. The van der Waals surface area contributed by atoms with Gasteiger partial charge in [0.25, 0.3) is 0 Å². The molecule has 9 heteroatoms. The zero-order valence-corrected chi connectivity index (χ0v) is 14.8. The second kappa shape index (κ2) is 8.90. The van der Waals surface area contributed by atoms with E-state index in [2.05, 4.69) is 0 Å². The van der Waals surface area contributed by atoms with E-state index in [0.29, 0.717) is 34.4 Å². The summed E-state index contributed by atoms with van der Waals surface area (Å²) in [6.07, 6.45) is 0. The maximum Gasteiger partial charge on any atom is 0.394 e. The van der Waals surface area contributed by atoms with E-state index in [4.69, 9.17) is 38.5 Å². The van der Waals surface area contributed by atoms with Gasteiger partial charge in [-0.3, -0.25) is 9.11 Å². The summed E-state index contributed by atoms with van der Waals surface area (Å²) in [4.78, 5) is 0. The van der Waals surface area contributed by atoms with Crippen LogP contribution in [0, 0.1) is 0 Å². The molecule has 6 N–H and O–H groups in total. The first kappa shape index (κ1) is 20.0. The van der Waals surface area contributed by atoms with Crippen molar-refractivity contribution in [2.75, 3.05) is 11.5 Å². The number of hydrogen-bond donors (Lipinski definition) is 4. The van der Waals surface area contributed by atoms with Gasteiger partial charge >= 0.3 is 10.4 Å². The molecule has 142 valence electrons. The van der Waals surface area contributed by atoms with Gasteiger partial charge in [0.2, 0.25) is 0 Å². The molecule has 0 fully saturated rings. The minimum atomic E-state index is -4.67. The Morgan fingerprint density at radius 3 is 1.26 bits per heavy atom. The maximum atomic E-state index is 8.74. The number of benzene rings is 3. The van der Waals surface area contributed by atoms with Crippen LogP contribution >= 0.6 is 0 Å². The Hall–Kier alpha value is -3.27. The van der Waals surface area contributed by atoms with Crippen LogP contribution in [0.1, 0.15) is 0 Å². The van der Waals surface area contributed by atoms with Crippen LogP contribution in [0.15, 0.2) is 72.8 Å². The van der Waals surface area contributed by atoms with E-state index in [0.717, 1.165) is 0 Å². The van der Waals surface area contributed by atoms with Gasteiger partial charge in [-0.1, -0.05) is 18.2 Å². The van der Waals surface area contributed by atoms with E-state index in [1.807, 2.05) is 60.7 Å². The number of hydrogen-bond acceptors (Lipinski definition) is 6. The van der Waals surface area contributed by atoms with Crippen molar-refractivity contribution in [1.29, 1.82) is 0 Å². The van der Waals surface area contributed by atoms with Gasteiger partial charge in [0.1, 0.15) is 23.0 Å². The molecule has 0 heterocycles. The predicted molar refractivity (Wildman–Crippen MR) is 102 cm³/mol. The lowest BCUT2D eigenvalue weighted by Gasteiger charge is -2.09. The number of anilines is 2. The fraction of sp³-hybridized carbons (Fsp3) is 0. The average Bonchev–Trinajstić information content (AvgIpc) is 2.53. The molecule has 0 unspecified atom stereocenters. The summed E-state index contributed by atoms with van der Waals surface area (Å²) in [5, 5.41) is 0. The van der Waals surface area contributed by atoms with Gasteiger partial charge in [0, 0.05) is 29.6 Å². The van der Waals surface area contributed by atoms with Gasteiger partial charge in [0.05, 0.1) is 0 Å². The Morgan fingerprint density at radius 1 is 0.630 bits per heavy atom. The van der Waals surface area contributed by atoms with Crippen molar-refractivity contribution < 1.29 is 27.0 Å². The number of ether oxygens (including phenoxy) is 2. The molecular formula is C18H18N2O6S. The van der Waals surface area contributed by atoms with Gasteiger partial charge in [-0.2, -0.15) is 8.42 Å². The van der Waals surface area contributed by atoms with E-state index in [1.165, 1.54) is 0 Å². The molecule has 0 spiro atoms. The quantitative estimate of drug-likeness (QED) is 0.389. The molecule has 3 aromatic rings. The van der Waals surface area contributed by atoms with Crippen molar-refractivity contribution in [1.82, 2.24) is 0 Å². The number of nitrogens with two attached hydrogens (primary N) is 2. The maximum absolute atomic E-state index is 8.74. The van der Waals surface area contributed by atoms with Crippen molar-refractivity contribution in [3.8, 4) is 23.0 Å². The molecule has 0 aliphatic heterocycles. The third-order valence-electron chi connectivity index (χ3n) is 2.99. The molecule has 3 aromatic carbocycles. The van der Waals surface area contributed by atoms with Gasteiger partial charge < -0.3 is 20.9 Å². The Morgan fingerprint density at radius 2 is 0.926 bits per heavy atom. The second-order valence-electron chi connectivity index (χ2n) is 5.27. The molecule has 0 saturated heterocycles. The fourth-order valence-corrected chi connectivity index (χ4v) is 2.03. The summed E-state index contributed by atoms with van der Waals surface area (Å²) in [6, 6.07) is 21.9. The zero-order chi connectivity index (χ0) is 19.9. The monoisotopic (exact) mass is 390 g/mol. The standard InChI is InChI=1S/C18H16N2O2.H2O4S/c19-13-4-1-6-15(10-13)21-17-8-3-9-18(12-17)22-16-7-2-5-14(20)11-16;1-5(2,3)4/h1-12H,19-20H2;(H2,1,2,3,4). The van der Waals surface area contributed by atoms with E-state index in [9.17, 15) is 0 Å². The van der Waals surface area contributed by atoms with Crippen molar-refractivity contribution in [3.63, 3.8) is 0 Å². The summed E-state index contributed by atoms with van der Waals surface area (Å²) < 4.78 is 43.1. The van der Waals surface area contributed by atoms with E-state index in [-0.39, 0.29) is 0 Å². The SMILES string of the molecule is Nc1cccc(Oc2cccc(Oc3cccc(N)c3)c2)c1.O=S(=O)(O)O. The van der Waals surface area contributed by atoms with Crippen molar-refractivity contribution in [3.05, 3.63) is 72.8 Å². The van der Waals surface area contributed by atoms with E-state index < -0.39 is 10.4 Å². The van der Waals surface area contributed by atoms with Gasteiger partial charge in [0.15, 0.2) is 0 Å². The Labute approximate surface area is 156 Å². The highest BCUT2D eigenvalue weighted by Crippen LogP contribution is 2.29. The van der Waals surface area contributed by atoms with Crippen LogP contribution in [-0.2, 0) is 10.4 Å². The molecule has 8 nitrogen and oxygen atoms in total. The lowest BCUT2D eigenvalue weighted by atomic mass is 10.3. The lowest BCUT2D eigenvalue weighted by Crippen LogP contribution is -1.90. The van der Waals surface area contributed by atoms with Crippen molar-refractivity contribution >= 4 is 21.8 Å². The molecule has 27 heavy (non-hydrogen) atoms. The molecule has 0 aliphatic rings. The van der Waals surface area contributed by atoms with Gasteiger partial charge in [-0.15, -0.1) is 0 Å². The van der Waals surface area contributed by atoms with Crippen LogP contribution < -0.4 is 20.9 Å². The topological polar surface area (TPSA) is 145 Å². The third kappa shape index (κ3) is 8.10. The summed E-state index contributed by atoms with van der Waals surface area (Å²) in [7, 11) is -4.67. The summed E-state index contributed by atoms with van der Waals surface area (Å²) in [5.41, 5.74) is 12.8. The Kier molecular flexibility index (Phi) is 6.61. The summed E-state index contributed by atoms with van der Waals surface area (Å²) in [6.45, 7) is 0. The predicted octanol–water partition coefficient (Wildman–Crippen LogP) is 3.78. The highest BCUT2D eigenvalue weighted by Gasteiger charge is 2.02. The molecule has 3 rings (SSSR count). The van der Waals surface area contributed by atoms with Crippen molar-refractivity contribution in [2.45, 2.75) is 0 Å². The molecule has 0 radical (unpaired) electrons. The van der Waals surface area contributed by atoms with Crippen LogP contribution in [0.25, 0.3) is 0 Å². The van der Waals surface area contributed by atoms with E-state index in [1.54, 1.807) is 12.1 Å². The van der Waals surface area contributed by atoms with Crippen LogP contribution in [0.4, 0.5) is 11.4 Å². The lowest BCUT2D eigenvalue weighted by molar-refractivity contribution is 0.381. The molecule has 0 atom stereocenters. The smallest absolute Gasteiger partial charge is 0.394 e. The van der Waals surface area contributed by atoms with Crippen LogP contribution in [-0.4, -0.2) is 17.5 Å². The van der Waals surface area contributed by atoms with Crippen LogP contribution in [0.5, 0.6) is 23.0 Å². The average molecular weight is 390 g/mol. The Balaban J connectivity index is 0.000000465. The third-order valence-corrected chi connectivity index (χ3v) is 2.99. The van der Waals surface area contributed by atoms with Gasteiger partial charge in [-0.25, -0.2) is 0 Å². The zero-order valence-electron chi connectivity index (χ0n) is 14.0. The normalized spacial score (nSPS) is 10.4. The first-order valence-corrected chi connectivity index (χ1v) is 8.95. The molecule has 0 amide bonds. The molecule has 0 saturated carbocycles. The second-order valence-corrected chi connectivity index (χ2v) is 6.17. The first-order valence-electron chi connectivity index (χ1n) is 7.56. The summed E-state index contributed by atoms with van der Waals surface area (Å²) >= 11 is 0. The minimum absolute atomic E-state index is 0.657. The Bertz CT molecular complexity index is 937. The largest absolute Gasteiger partial charge is 0.457 e. The number of nitrogen functional groups attached to an aromatic ring is 2. The van der Waals surface area contributed by atoms with Crippen molar-refractivity contribution in [2.24, 2.45) is 0 Å².